The predicted octanol–water partition coefficient (Wildman–Crippen LogP) is 3.46. The monoisotopic (exact) mass is 442 g/mol. The van der Waals surface area contributed by atoms with Crippen molar-refractivity contribution in [2.24, 2.45) is 10.9 Å². The minimum absolute atomic E-state index is 0.135. The van der Waals surface area contributed by atoms with Gasteiger partial charge in [0.1, 0.15) is 0 Å². The smallest absolute Gasteiger partial charge is 0.220 e. The van der Waals surface area contributed by atoms with Crippen LogP contribution in [0.2, 0.25) is 5.02 Å². The van der Waals surface area contributed by atoms with E-state index in [4.69, 9.17) is 16.6 Å². The SMILES string of the molecule is CCNC(=NCCc1cc(Cl)ccc1Br)N1CCC(CC(=O)NC)CC1. The molecule has 1 aliphatic rings. The quantitative estimate of drug-likeness (QED) is 0.523. The number of guanidine groups is 1. The van der Waals surface area contributed by atoms with E-state index in [0.717, 1.165) is 54.4 Å². The molecule has 7 heteroatoms. The summed E-state index contributed by atoms with van der Waals surface area (Å²) in [6.45, 7) is 5.52. The van der Waals surface area contributed by atoms with Crippen molar-refractivity contribution >= 4 is 39.4 Å². The maximum absolute atomic E-state index is 11.6. The van der Waals surface area contributed by atoms with Gasteiger partial charge < -0.3 is 15.5 Å². The number of carbonyl (C=O) groups excluding carboxylic acids is 1. The maximum Gasteiger partial charge on any atom is 0.220 e. The van der Waals surface area contributed by atoms with Gasteiger partial charge in [0.25, 0.3) is 0 Å². The van der Waals surface area contributed by atoms with Gasteiger partial charge in [0.2, 0.25) is 5.91 Å². The Kier molecular flexibility index (Phi) is 8.72. The first-order valence-electron chi connectivity index (χ1n) is 9.21. The van der Waals surface area contributed by atoms with E-state index in [2.05, 4.69) is 38.4 Å². The van der Waals surface area contributed by atoms with Crippen LogP contribution in [0.5, 0.6) is 0 Å². The lowest BCUT2D eigenvalue weighted by molar-refractivity contribution is -0.121. The number of rotatable bonds is 6. The fraction of sp³-hybridized carbons (Fsp3) is 0.579. The van der Waals surface area contributed by atoms with E-state index >= 15 is 0 Å². The van der Waals surface area contributed by atoms with Gasteiger partial charge in [-0.25, -0.2) is 0 Å². The van der Waals surface area contributed by atoms with Crippen LogP contribution in [0, 0.1) is 5.92 Å². The van der Waals surface area contributed by atoms with E-state index in [-0.39, 0.29) is 5.91 Å². The molecule has 0 aromatic heterocycles. The Hall–Kier alpha value is -1.27. The molecule has 1 amide bonds. The molecule has 0 spiro atoms. The average molecular weight is 444 g/mol. The lowest BCUT2D eigenvalue weighted by atomic mass is 9.93. The second-order valence-corrected chi connectivity index (χ2v) is 7.82. The van der Waals surface area contributed by atoms with Gasteiger partial charge in [-0.15, -0.1) is 0 Å². The van der Waals surface area contributed by atoms with Gasteiger partial charge in [-0.2, -0.15) is 0 Å². The molecular formula is C19H28BrClN4O. The molecule has 1 aliphatic heterocycles. The Morgan fingerprint density at radius 3 is 2.77 bits per heavy atom. The van der Waals surface area contributed by atoms with E-state index in [9.17, 15) is 4.79 Å². The van der Waals surface area contributed by atoms with E-state index in [1.165, 1.54) is 5.56 Å². The summed E-state index contributed by atoms with van der Waals surface area (Å²) in [6, 6.07) is 5.84. The van der Waals surface area contributed by atoms with Crippen molar-refractivity contribution < 1.29 is 4.79 Å². The summed E-state index contributed by atoms with van der Waals surface area (Å²) in [5.74, 6) is 1.57. The highest BCUT2D eigenvalue weighted by atomic mass is 79.9. The van der Waals surface area contributed by atoms with Gasteiger partial charge in [0.05, 0.1) is 0 Å². The summed E-state index contributed by atoms with van der Waals surface area (Å²) in [4.78, 5) is 18.6. The number of benzene rings is 1. The summed E-state index contributed by atoms with van der Waals surface area (Å²) >= 11 is 9.66. The van der Waals surface area contributed by atoms with E-state index in [1.807, 2.05) is 18.2 Å². The van der Waals surface area contributed by atoms with Crippen LogP contribution in [-0.2, 0) is 11.2 Å². The molecule has 2 N–H and O–H groups in total. The molecule has 0 atom stereocenters. The third kappa shape index (κ3) is 6.47. The summed E-state index contributed by atoms with van der Waals surface area (Å²) in [7, 11) is 1.70. The molecule has 1 saturated heterocycles. The zero-order valence-electron chi connectivity index (χ0n) is 15.5. The normalized spacial score (nSPS) is 15.8. The Morgan fingerprint density at radius 2 is 2.12 bits per heavy atom. The number of likely N-dealkylation sites (tertiary alicyclic amines) is 1. The van der Waals surface area contributed by atoms with Gasteiger partial charge in [-0.3, -0.25) is 9.79 Å². The predicted molar refractivity (Wildman–Crippen MR) is 112 cm³/mol. The van der Waals surface area contributed by atoms with Gasteiger partial charge >= 0.3 is 0 Å². The van der Waals surface area contributed by atoms with E-state index in [1.54, 1.807) is 7.05 Å². The van der Waals surface area contributed by atoms with Gasteiger partial charge in [0.15, 0.2) is 5.96 Å². The number of carbonyl (C=O) groups is 1. The zero-order chi connectivity index (χ0) is 18.9. The molecule has 144 valence electrons. The Bertz CT molecular complexity index is 630. The molecule has 1 aromatic rings. The average Bonchev–Trinajstić information content (AvgIpc) is 2.64. The number of piperidine rings is 1. The highest BCUT2D eigenvalue weighted by Crippen LogP contribution is 2.22. The number of hydrogen-bond donors (Lipinski definition) is 2. The molecule has 0 unspecified atom stereocenters. The van der Waals surface area contributed by atoms with E-state index < -0.39 is 0 Å². The highest BCUT2D eigenvalue weighted by Gasteiger charge is 2.23. The van der Waals surface area contributed by atoms with Crippen molar-refractivity contribution in [3.63, 3.8) is 0 Å². The number of hydrogen-bond acceptors (Lipinski definition) is 2. The summed E-state index contributed by atoms with van der Waals surface area (Å²) in [5.41, 5.74) is 1.17. The van der Waals surface area contributed by atoms with Crippen molar-refractivity contribution in [1.29, 1.82) is 0 Å². The zero-order valence-corrected chi connectivity index (χ0v) is 17.9. The Labute approximate surface area is 169 Å². The van der Waals surface area contributed by atoms with Crippen molar-refractivity contribution in [3.05, 3.63) is 33.3 Å². The first kappa shape index (κ1) is 21.0. The largest absolute Gasteiger partial charge is 0.359 e. The molecule has 0 radical (unpaired) electrons. The molecule has 1 fully saturated rings. The number of nitrogens with one attached hydrogen (secondary N) is 2. The topological polar surface area (TPSA) is 56.7 Å². The molecule has 1 heterocycles. The number of aliphatic imine (C=N–C) groups is 1. The van der Waals surface area contributed by atoms with Crippen LogP contribution >= 0.6 is 27.5 Å². The van der Waals surface area contributed by atoms with Crippen LogP contribution in [0.25, 0.3) is 0 Å². The van der Waals surface area contributed by atoms with Crippen LogP contribution in [0.1, 0.15) is 31.7 Å². The second kappa shape index (κ2) is 10.8. The first-order valence-corrected chi connectivity index (χ1v) is 10.4. The Morgan fingerprint density at radius 1 is 1.38 bits per heavy atom. The van der Waals surface area contributed by atoms with Crippen molar-refractivity contribution in [2.75, 3.05) is 33.2 Å². The molecule has 5 nitrogen and oxygen atoms in total. The number of amides is 1. The van der Waals surface area contributed by atoms with Gasteiger partial charge in [-0.05, 0) is 55.9 Å². The molecule has 0 bridgehead atoms. The molecule has 0 aliphatic carbocycles. The van der Waals surface area contributed by atoms with Gasteiger partial charge in [0, 0.05) is 49.1 Å². The molecule has 2 rings (SSSR count). The second-order valence-electron chi connectivity index (χ2n) is 6.53. The number of nitrogens with zero attached hydrogens (tertiary/aromatic N) is 2. The minimum Gasteiger partial charge on any atom is -0.359 e. The third-order valence-corrected chi connectivity index (χ3v) is 5.66. The molecule has 0 saturated carbocycles. The van der Waals surface area contributed by atoms with Crippen molar-refractivity contribution in [3.8, 4) is 0 Å². The highest BCUT2D eigenvalue weighted by molar-refractivity contribution is 9.10. The fourth-order valence-electron chi connectivity index (χ4n) is 3.16. The first-order chi connectivity index (χ1) is 12.5. The number of halogens is 2. The van der Waals surface area contributed by atoms with Crippen LogP contribution in [0.4, 0.5) is 0 Å². The third-order valence-electron chi connectivity index (χ3n) is 4.65. The lowest BCUT2D eigenvalue weighted by Crippen LogP contribution is -2.46. The van der Waals surface area contributed by atoms with Gasteiger partial charge in [-0.1, -0.05) is 27.5 Å². The Balaban J connectivity index is 1.90. The maximum atomic E-state index is 11.6. The van der Waals surface area contributed by atoms with E-state index in [0.29, 0.717) is 18.9 Å². The minimum atomic E-state index is 0.135. The van der Waals surface area contributed by atoms with Crippen LogP contribution in [-0.4, -0.2) is 50.0 Å². The molecule has 26 heavy (non-hydrogen) atoms. The van der Waals surface area contributed by atoms with Crippen LogP contribution < -0.4 is 10.6 Å². The van der Waals surface area contributed by atoms with Crippen LogP contribution in [0.3, 0.4) is 0 Å². The summed E-state index contributed by atoms with van der Waals surface area (Å²) in [5, 5.41) is 6.85. The van der Waals surface area contributed by atoms with Crippen molar-refractivity contribution in [1.82, 2.24) is 15.5 Å². The lowest BCUT2D eigenvalue weighted by Gasteiger charge is -2.34. The summed E-state index contributed by atoms with van der Waals surface area (Å²) in [6.07, 6.45) is 3.51. The van der Waals surface area contributed by atoms with Crippen molar-refractivity contribution in [2.45, 2.75) is 32.6 Å². The molecular weight excluding hydrogens is 416 g/mol. The summed E-state index contributed by atoms with van der Waals surface area (Å²) < 4.78 is 1.07. The van der Waals surface area contributed by atoms with Crippen LogP contribution in [0.15, 0.2) is 27.7 Å². The molecule has 1 aromatic carbocycles. The standard InChI is InChI=1S/C19H28BrClN4O/c1-3-23-19(24-9-6-15-13-16(21)4-5-17(15)20)25-10-7-14(8-11-25)12-18(26)22-2/h4-5,13-14H,3,6-12H2,1-2H3,(H,22,26)(H,23,24). The fourth-order valence-corrected chi connectivity index (χ4v) is 3.80.